The molecule has 1 aromatic heterocycles. The molecule has 2 aromatic carbocycles. The number of carbonyl (C=O) groups is 1. The van der Waals surface area contributed by atoms with Crippen LogP contribution in [0.25, 0.3) is 11.5 Å². The van der Waals surface area contributed by atoms with E-state index in [1.165, 1.54) is 12.7 Å². The van der Waals surface area contributed by atoms with E-state index < -0.39 is 0 Å². The summed E-state index contributed by atoms with van der Waals surface area (Å²) in [4.78, 5) is 11.4. The third-order valence-electron chi connectivity index (χ3n) is 3.86. The number of ether oxygens (including phenoxy) is 2. The lowest BCUT2D eigenvalue weighted by molar-refractivity contribution is 0.0600. The summed E-state index contributed by atoms with van der Waals surface area (Å²) in [5, 5.41) is 8.07. The molecular weight excluding hydrogens is 332 g/mol. The first kappa shape index (κ1) is 17.8. The van der Waals surface area contributed by atoms with E-state index in [0.717, 1.165) is 12.0 Å². The number of hydrogen-bond donors (Lipinski definition) is 0. The van der Waals surface area contributed by atoms with Crippen molar-refractivity contribution >= 4 is 5.97 Å². The first-order chi connectivity index (χ1) is 12.8. The Morgan fingerprint density at radius 1 is 0.962 bits per heavy atom. The molecule has 0 saturated heterocycles. The molecule has 0 aliphatic heterocycles. The first-order valence-electron chi connectivity index (χ1n) is 8.39. The maximum atomic E-state index is 11.4. The van der Waals surface area contributed by atoms with Gasteiger partial charge in [-0.05, 0) is 36.2 Å². The Labute approximate surface area is 151 Å². The van der Waals surface area contributed by atoms with Crippen molar-refractivity contribution in [1.29, 1.82) is 0 Å². The molecular formula is C20H20N2O4. The molecule has 0 fully saturated rings. The molecule has 134 valence electrons. The Hall–Kier alpha value is -2.99. The van der Waals surface area contributed by atoms with Gasteiger partial charge in [0.1, 0.15) is 0 Å². The lowest BCUT2D eigenvalue weighted by Gasteiger charge is -2.02. The van der Waals surface area contributed by atoms with Gasteiger partial charge >= 0.3 is 5.97 Å². The summed E-state index contributed by atoms with van der Waals surface area (Å²) in [6.07, 6.45) is 1.44. The highest BCUT2D eigenvalue weighted by Gasteiger charge is 2.10. The van der Waals surface area contributed by atoms with E-state index in [-0.39, 0.29) is 5.97 Å². The van der Waals surface area contributed by atoms with Gasteiger partial charge in [0.05, 0.1) is 25.9 Å². The van der Waals surface area contributed by atoms with Crippen LogP contribution in [0.2, 0.25) is 0 Å². The van der Waals surface area contributed by atoms with Crippen LogP contribution < -0.4 is 0 Å². The fraction of sp³-hybridized carbons (Fsp3) is 0.250. The van der Waals surface area contributed by atoms with Crippen LogP contribution in [0.3, 0.4) is 0 Å². The number of esters is 1. The highest BCUT2D eigenvalue weighted by atomic mass is 16.5. The predicted molar refractivity (Wildman–Crippen MR) is 95.7 cm³/mol. The van der Waals surface area contributed by atoms with Crippen LogP contribution in [-0.2, 0) is 22.3 Å². The molecule has 0 unspecified atom stereocenters. The summed E-state index contributed by atoms with van der Waals surface area (Å²) in [6.45, 7) is 1.18. The molecule has 1 heterocycles. The van der Waals surface area contributed by atoms with Crippen LogP contribution in [-0.4, -0.2) is 36.5 Å². The van der Waals surface area contributed by atoms with E-state index in [9.17, 15) is 4.79 Å². The summed E-state index contributed by atoms with van der Waals surface area (Å²) >= 11 is 0. The molecule has 0 aliphatic rings. The van der Waals surface area contributed by atoms with Gasteiger partial charge in [-0.3, -0.25) is 0 Å². The molecule has 0 atom stereocenters. The Bertz CT molecular complexity index is 829. The molecule has 0 radical (unpaired) electrons. The summed E-state index contributed by atoms with van der Waals surface area (Å²) in [5.74, 6) is 0.563. The number of rotatable bonds is 8. The van der Waals surface area contributed by atoms with Gasteiger partial charge in [-0.25, -0.2) is 4.79 Å². The number of benzene rings is 2. The summed E-state index contributed by atoms with van der Waals surface area (Å²) in [5.41, 5.74) is 2.48. The van der Waals surface area contributed by atoms with E-state index in [1.54, 1.807) is 24.3 Å². The number of aromatic nitrogens is 2. The maximum absolute atomic E-state index is 11.4. The number of nitrogens with zero attached hydrogens (tertiary/aromatic N) is 2. The van der Waals surface area contributed by atoms with Crippen molar-refractivity contribution in [3.05, 3.63) is 71.6 Å². The van der Waals surface area contributed by atoms with Gasteiger partial charge in [0.25, 0.3) is 0 Å². The van der Waals surface area contributed by atoms with Crippen molar-refractivity contribution in [2.45, 2.75) is 12.8 Å². The Kier molecular flexibility index (Phi) is 6.11. The van der Waals surface area contributed by atoms with Gasteiger partial charge in [0.15, 0.2) is 0 Å². The molecule has 26 heavy (non-hydrogen) atoms. The van der Waals surface area contributed by atoms with Crippen molar-refractivity contribution in [3.63, 3.8) is 0 Å². The zero-order valence-corrected chi connectivity index (χ0v) is 14.6. The first-order valence-corrected chi connectivity index (χ1v) is 8.39. The molecule has 6 nitrogen and oxygen atoms in total. The zero-order valence-electron chi connectivity index (χ0n) is 14.6. The SMILES string of the molecule is COC(=O)c1ccc(-c2nnc(CCOCCc3ccccc3)o2)cc1. The van der Waals surface area contributed by atoms with Gasteiger partial charge < -0.3 is 13.9 Å². The fourth-order valence-electron chi connectivity index (χ4n) is 2.43. The van der Waals surface area contributed by atoms with E-state index in [4.69, 9.17) is 9.15 Å². The molecule has 3 aromatic rings. The third-order valence-corrected chi connectivity index (χ3v) is 3.86. The molecule has 0 spiro atoms. The highest BCUT2D eigenvalue weighted by Crippen LogP contribution is 2.19. The van der Waals surface area contributed by atoms with Gasteiger partial charge in [-0.1, -0.05) is 30.3 Å². The zero-order chi connectivity index (χ0) is 18.2. The monoisotopic (exact) mass is 352 g/mol. The molecule has 0 bridgehead atoms. The van der Waals surface area contributed by atoms with Gasteiger partial charge in [0.2, 0.25) is 11.8 Å². The molecule has 0 amide bonds. The summed E-state index contributed by atoms with van der Waals surface area (Å²) in [7, 11) is 1.35. The smallest absolute Gasteiger partial charge is 0.337 e. The van der Waals surface area contributed by atoms with E-state index >= 15 is 0 Å². The van der Waals surface area contributed by atoms with Gasteiger partial charge in [-0.2, -0.15) is 0 Å². The maximum Gasteiger partial charge on any atom is 0.337 e. The van der Waals surface area contributed by atoms with Crippen molar-refractivity contribution in [3.8, 4) is 11.5 Å². The van der Waals surface area contributed by atoms with Crippen LogP contribution in [0.15, 0.2) is 59.0 Å². The Morgan fingerprint density at radius 3 is 2.42 bits per heavy atom. The summed E-state index contributed by atoms with van der Waals surface area (Å²) in [6, 6.07) is 17.0. The van der Waals surface area contributed by atoms with Crippen LogP contribution in [0.1, 0.15) is 21.8 Å². The van der Waals surface area contributed by atoms with E-state index in [2.05, 4.69) is 27.1 Å². The van der Waals surface area contributed by atoms with Crippen LogP contribution >= 0.6 is 0 Å². The largest absolute Gasteiger partial charge is 0.465 e. The number of methoxy groups -OCH3 is 1. The molecule has 0 N–H and O–H groups in total. The quantitative estimate of drug-likeness (QED) is 0.457. The highest BCUT2D eigenvalue weighted by molar-refractivity contribution is 5.89. The standard InChI is InChI=1S/C20H20N2O4/c1-24-20(23)17-9-7-16(8-10-17)19-22-21-18(26-19)12-14-25-13-11-15-5-3-2-4-6-15/h2-10H,11-14H2,1H3. The van der Waals surface area contributed by atoms with Gasteiger partial charge in [-0.15, -0.1) is 10.2 Å². The molecule has 0 saturated carbocycles. The van der Waals surface area contributed by atoms with Crippen LogP contribution in [0.4, 0.5) is 0 Å². The van der Waals surface area contributed by atoms with Crippen molar-refractivity contribution < 1.29 is 18.7 Å². The van der Waals surface area contributed by atoms with E-state index in [1.807, 2.05) is 18.2 Å². The molecule has 3 rings (SSSR count). The number of carbonyl (C=O) groups excluding carboxylic acids is 1. The van der Waals surface area contributed by atoms with Crippen LogP contribution in [0, 0.1) is 0 Å². The topological polar surface area (TPSA) is 74.5 Å². The second-order valence-electron chi connectivity index (χ2n) is 5.67. The second-order valence-corrected chi connectivity index (χ2v) is 5.67. The minimum Gasteiger partial charge on any atom is -0.465 e. The predicted octanol–water partition coefficient (Wildman–Crippen LogP) is 3.33. The lowest BCUT2D eigenvalue weighted by atomic mass is 10.1. The fourth-order valence-corrected chi connectivity index (χ4v) is 2.43. The molecule has 6 heteroatoms. The Morgan fingerprint density at radius 2 is 1.69 bits per heavy atom. The molecule has 0 aliphatic carbocycles. The lowest BCUT2D eigenvalue weighted by Crippen LogP contribution is -2.03. The average molecular weight is 352 g/mol. The van der Waals surface area contributed by atoms with Crippen LogP contribution in [0.5, 0.6) is 0 Å². The Balaban J connectivity index is 1.46. The van der Waals surface area contributed by atoms with Crippen molar-refractivity contribution in [2.24, 2.45) is 0 Å². The third kappa shape index (κ3) is 4.77. The minimum absolute atomic E-state index is 0.379. The van der Waals surface area contributed by atoms with Crippen molar-refractivity contribution in [1.82, 2.24) is 10.2 Å². The van der Waals surface area contributed by atoms with Gasteiger partial charge in [0, 0.05) is 12.0 Å². The second kappa shape index (κ2) is 8.92. The minimum atomic E-state index is -0.379. The normalized spacial score (nSPS) is 10.7. The average Bonchev–Trinajstić information content (AvgIpc) is 3.17. The van der Waals surface area contributed by atoms with Crippen molar-refractivity contribution in [2.75, 3.05) is 20.3 Å². The summed E-state index contributed by atoms with van der Waals surface area (Å²) < 4.78 is 15.9. The van der Waals surface area contributed by atoms with E-state index in [0.29, 0.717) is 37.0 Å². The number of hydrogen-bond acceptors (Lipinski definition) is 6.